The first-order valence-corrected chi connectivity index (χ1v) is 7.46. The molecule has 1 N–H and O–H groups in total. The second kappa shape index (κ2) is 6.65. The zero-order chi connectivity index (χ0) is 16.2. The van der Waals surface area contributed by atoms with Crippen LogP contribution in [0.5, 0.6) is 0 Å². The Hall–Kier alpha value is -2.29. The van der Waals surface area contributed by atoms with Crippen molar-refractivity contribution in [2.45, 2.75) is 32.8 Å². The molecule has 1 aliphatic rings. The fraction of sp³-hybridized carbons (Fsp3) is 0.562. The molecule has 0 aliphatic carbocycles. The molecule has 0 spiro atoms. The van der Waals surface area contributed by atoms with Crippen LogP contribution in [-0.4, -0.2) is 36.3 Å². The Morgan fingerprint density at radius 2 is 2.36 bits per heavy atom. The number of hydrogen-bond acceptors (Lipinski definition) is 5. The van der Waals surface area contributed by atoms with Gasteiger partial charge in [-0.25, -0.2) is 9.78 Å². The van der Waals surface area contributed by atoms with Crippen LogP contribution >= 0.6 is 0 Å². The van der Waals surface area contributed by atoms with Crippen LogP contribution in [0.2, 0.25) is 0 Å². The van der Waals surface area contributed by atoms with Crippen LogP contribution in [0.15, 0.2) is 18.3 Å². The topological polar surface area (TPSA) is 78.2 Å². The quantitative estimate of drug-likeness (QED) is 0.927. The van der Waals surface area contributed by atoms with Gasteiger partial charge in [-0.2, -0.15) is 5.26 Å². The molecule has 1 fully saturated rings. The third kappa shape index (κ3) is 4.35. The standard InChI is InChI=1S/C16H22N4O2/c1-16(2,3)22-15(21)19-10-12-6-8-20(11-12)14-13(9-17)5-4-7-18-14/h4-5,7,12H,6,8,10-11H2,1-3H3,(H,19,21)/t12-/m0/s1. The van der Waals surface area contributed by atoms with Crippen molar-refractivity contribution in [1.29, 1.82) is 5.26 Å². The van der Waals surface area contributed by atoms with Gasteiger partial charge in [-0.05, 0) is 45.2 Å². The minimum Gasteiger partial charge on any atom is -0.444 e. The van der Waals surface area contributed by atoms with E-state index in [4.69, 9.17) is 10.00 Å². The van der Waals surface area contributed by atoms with Gasteiger partial charge in [0, 0.05) is 25.8 Å². The Labute approximate surface area is 131 Å². The molecule has 0 radical (unpaired) electrons. The summed E-state index contributed by atoms with van der Waals surface area (Å²) in [7, 11) is 0. The second-order valence-corrected chi connectivity index (χ2v) is 6.47. The molecule has 0 saturated carbocycles. The van der Waals surface area contributed by atoms with Crippen molar-refractivity contribution in [2.24, 2.45) is 5.92 Å². The molecule has 1 aromatic rings. The van der Waals surface area contributed by atoms with Crippen molar-refractivity contribution >= 4 is 11.9 Å². The summed E-state index contributed by atoms with van der Waals surface area (Å²) in [5.41, 5.74) is 0.102. The molecule has 6 heteroatoms. The number of carbonyl (C=O) groups is 1. The average Bonchev–Trinajstić information content (AvgIpc) is 2.92. The Kier molecular flexibility index (Phi) is 4.86. The summed E-state index contributed by atoms with van der Waals surface area (Å²) in [4.78, 5) is 18.1. The summed E-state index contributed by atoms with van der Waals surface area (Å²) in [5, 5.41) is 11.9. The minimum atomic E-state index is -0.485. The summed E-state index contributed by atoms with van der Waals surface area (Å²) in [6, 6.07) is 5.71. The van der Waals surface area contributed by atoms with Crippen LogP contribution in [0.25, 0.3) is 0 Å². The molecule has 1 aromatic heterocycles. The lowest BCUT2D eigenvalue weighted by molar-refractivity contribution is 0.0520. The number of rotatable bonds is 3. The summed E-state index contributed by atoms with van der Waals surface area (Å²) >= 11 is 0. The molecule has 0 unspecified atom stereocenters. The maximum Gasteiger partial charge on any atom is 0.407 e. The van der Waals surface area contributed by atoms with E-state index in [-0.39, 0.29) is 6.09 Å². The number of nitrogens with one attached hydrogen (secondary N) is 1. The van der Waals surface area contributed by atoms with E-state index in [1.165, 1.54) is 0 Å². The lowest BCUT2D eigenvalue weighted by Gasteiger charge is -2.21. The van der Waals surface area contributed by atoms with Gasteiger partial charge in [0.05, 0.1) is 5.56 Å². The van der Waals surface area contributed by atoms with Gasteiger partial charge in [0.2, 0.25) is 0 Å². The maximum absolute atomic E-state index is 11.7. The first-order valence-electron chi connectivity index (χ1n) is 7.46. The fourth-order valence-corrected chi connectivity index (χ4v) is 2.47. The van der Waals surface area contributed by atoms with Crippen molar-refractivity contribution in [2.75, 3.05) is 24.5 Å². The van der Waals surface area contributed by atoms with Crippen molar-refractivity contribution in [3.05, 3.63) is 23.9 Å². The normalized spacial score (nSPS) is 17.9. The lowest BCUT2D eigenvalue weighted by Crippen LogP contribution is -2.36. The predicted molar refractivity (Wildman–Crippen MR) is 83.5 cm³/mol. The minimum absolute atomic E-state index is 0.334. The summed E-state index contributed by atoms with van der Waals surface area (Å²) in [5.74, 6) is 1.06. The van der Waals surface area contributed by atoms with Gasteiger partial charge in [-0.15, -0.1) is 0 Å². The number of nitriles is 1. The summed E-state index contributed by atoms with van der Waals surface area (Å²) in [6.07, 6.45) is 2.26. The van der Waals surface area contributed by atoms with Crippen molar-refractivity contribution in [3.8, 4) is 6.07 Å². The number of anilines is 1. The Morgan fingerprint density at radius 1 is 1.59 bits per heavy atom. The largest absolute Gasteiger partial charge is 0.444 e. The van der Waals surface area contributed by atoms with E-state index in [9.17, 15) is 4.79 Å². The second-order valence-electron chi connectivity index (χ2n) is 6.47. The van der Waals surface area contributed by atoms with E-state index in [0.717, 1.165) is 25.3 Å². The Bertz CT molecular complexity index is 574. The van der Waals surface area contributed by atoms with E-state index in [1.54, 1.807) is 18.3 Å². The molecule has 1 aliphatic heterocycles. The van der Waals surface area contributed by atoms with Crippen molar-refractivity contribution in [1.82, 2.24) is 10.3 Å². The highest BCUT2D eigenvalue weighted by Gasteiger charge is 2.26. The van der Waals surface area contributed by atoms with E-state index < -0.39 is 5.60 Å². The average molecular weight is 302 g/mol. The zero-order valence-corrected chi connectivity index (χ0v) is 13.3. The maximum atomic E-state index is 11.7. The van der Waals surface area contributed by atoms with Crippen LogP contribution in [-0.2, 0) is 4.74 Å². The monoisotopic (exact) mass is 302 g/mol. The summed E-state index contributed by atoms with van der Waals surface area (Å²) < 4.78 is 5.23. The van der Waals surface area contributed by atoms with Gasteiger partial charge in [0.15, 0.2) is 0 Å². The SMILES string of the molecule is CC(C)(C)OC(=O)NC[C@@H]1CCN(c2ncccc2C#N)C1. The molecule has 2 rings (SSSR count). The molecule has 2 heterocycles. The molecule has 0 aromatic carbocycles. The van der Waals surface area contributed by atoms with E-state index >= 15 is 0 Å². The number of pyridine rings is 1. The predicted octanol–water partition coefficient (Wildman–Crippen LogP) is 2.30. The third-order valence-electron chi connectivity index (χ3n) is 3.43. The molecular weight excluding hydrogens is 280 g/mol. The van der Waals surface area contributed by atoms with Gasteiger partial charge in [-0.3, -0.25) is 0 Å². The molecule has 1 amide bonds. The number of amides is 1. The van der Waals surface area contributed by atoms with Gasteiger partial charge in [0.25, 0.3) is 0 Å². The smallest absolute Gasteiger partial charge is 0.407 e. The van der Waals surface area contributed by atoms with E-state index in [2.05, 4.69) is 21.3 Å². The Morgan fingerprint density at radius 3 is 3.05 bits per heavy atom. The number of nitrogens with zero attached hydrogens (tertiary/aromatic N) is 3. The van der Waals surface area contributed by atoms with E-state index in [1.807, 2.05) is 20.8 Å². The zero-order valence-electron chi connectivity index (χ0n) is 13.3. The first kappa shape index (κ1) is 16.1. The first-order chi connectivity index (χ1) is 10.4. The number of ether oxygens (including phenoxy) is 1. The van der Waals surface area contributed by atoms with E-state index in [0.29, 0.717) is 18.0 Å². The summed E-state index contributed by atoms with van der Waals surface area (Å²) in [6.45, 7) is 7.71. The lowest BCUT2D eigenvalue weighted by atomic mass is 10.1. The van der Waals surface area contributed by atoms with Crippen molar-refractivity contribution < 1.29 is 9.53 Å². The molecule has 0 bridgehead atoms. The van der Waals surface area contributed by atoms with Gasteiger partial charge in [0.1, 0.15) is 17.5 Å². The molecule has 22 heavy (non-hydrogen) atoms. The van der Waals surface area contributed by atoms with Crippen LogP contribution in [0.3, 0.4) is 0 Å². The van der Waals surface area contributed by atoms with Gasteiger partial charge < -0.3 is 15.0 Å². The highest BCUT2D eigenvalue weighted by Crippen LogP contribution is 2.24. The van der Waals surface area contributed by atoms with Crippen LogP contribution in [0.4, 0.5) is 10.6 Å². The highest BCUT2D eigenvalue weighted by molar-refractivity contribution is 5.67. The Balaban J connectivity index is 1.86. The number of aromatic nitrogens is 1. The molecular formula is C16H22N4O2. The molecule has 118 valence electrons. The number of hydrogen-bond donors (Lipinski definition) is 1. The third-order valence-corrected chi connectivity index (χ3v) is 3.43. The van der Waals surface area contributed by atoms with Gasteiger partial charge >= 0.3 is 6.09 Å². The van der Waals surface area contributed by atoms with Crippen LogP contribution < -0.4 is 10.2 Å². The van der Waals surface area contributed by atoms with Gasteiger partial charge in [-0.1, -0.05) is 0 Å². The van der Waals surface area contributed by atoms with Crippen LogP contribution in [0.1, 0.15) is 32.8 Å². The number of carbonyl (C=O) groups excluding carboxylic acids is 1. The van der Waals surface area contributed by atoms with Crippen LogP contribution in [0, 0.1) is 17.2 Å². The molecule has 1 atom stereocenters. The number of alkyl carbamates (subject to hydrolysis) is 1. The molecule has 1 saturated heterocycles. The molecule has 6 nitrogen and oxygen atoms in total. The fourth-order valence-electron chi connectivity index (χ4n) is 2.47. The highest BCUT2D eigenvalue weighted by atomic mass is 16.6. The van der Waals surface area contributed by atoms with Crippen molar-refractivity contribution in [3.63, 3.8) is 0 Å².